The summed E-state index contributed by atoms with van der Waals surface area (Å²) >= 11 is 0. The number of hydrogen-bond donors (Lipinski definition) is 0. The van der Waals surface area contributed by atoms with Gasteiger partial charge >= 0.3 is 0 Å². The average Bonchev–Trinajstić information content (AvgIpc) is 2.43. The van der Waals surface area contributed by atoms with Gasteiger partial charge in [-0.25, -0.2) is 0 Å². The minimum Gasteiger partial charge on any atom is -0.300 e. The van der Waals surface area contributed by atoms with Crippen LogP contribution in [0.4, 0.5) is 0 Å². The van der Waals surface area contributed by atoms with Gasteiger partial charge in [0.15, 0.2) is 0 Å². The molecule has 0 aromatic carbocycles. The van der Waals surface area contributed by atoms with E-state index in [1.165, 1.54) is 25.9 Å². The molecule has 1 fully saturated rings. The lowest BCUT2D eigenvalue weighted by molar-refractivity contribution is -0.0604. The van der Waals surface area contributed by atoms with Gasteiger partial charge in [-0.2, -0.15) is 0 Å². The second-order valence-electron chi connectivity index (χ2n) is 10.4. The molecule has 1 nitrogen and oxygen atoms in total. The molecule has 0 bridgehead atoms. The van der Waals surface area contributed by atoms with Crippen LogP contribution in [0.3, 0.4) is 0 Å². The number of rotatable bonds is 8. The van der Waals surface area contributed by atoms with E-state index in [9.17, 15) is 0 Å². The van der Waals surface area contributed by atoms with E-state index in [-0.39, 0.29) is 0 Å². The second kappa shape index (κ2) is 9.60. The van der Waals surface area contributed by atoms with Crippen LogP contribution in [-0.4, -0.2) is 24.0 Å². The maximum absolute atomic E-state index is 2.91. The van der Waals surface area contributed by atoms with Crippen LogP contribution in [0.5, 0.6) is 0 Å². The first-order valence-corrected chi connectivity index (χ1v) is 10.8. The monoisotopic (exact) mass is 337 g/mol. The molecule has 24 heavy (non-hydrogen) atoms. The normalized spacial score (nSPS) is 29.6. The summed E-state index contributed by atoms with van der Waals surface area (Å²) in [6.07, 6.45) is 2.71. The zero-order chi connectivity index (χ0) is 18.6. The van der Waals surface area contributed by atoms with Crippen molar-refractivity contribution in [1.29, 1.82) is 0 Å². The molecule has 0 radical (unpaired) electrons. The Morgan fingerprint density at radius 3 is 1.62 bits per heavy atom. The van der Waals surface area contributed by atoms with Crippen molar-refractivity contribution < 1.29 is 0 Å². The third-order valence-corrected chi connectivity index (χ3v) is 6.40. The Morgan fingerprint density at radius 1 is 0.708 bits per heavy atom. The summed E-state index contributed by atoms with van der Waals surface area (Å²) in [5, 5.41) is 0. The molecule has 0 N–H and O–H groups in total. The van der Waals surface area contributed by atoms with Crippen molar-refractivity contribution in [3.05, 3.63) is 0 Å². The van der Waals surface area contributed by atoms with E-state index >= 15 is 0 Å². The standard InChI is InChI=1S/C23H47N/c1-15(2)11-12-24-14-20(17(5)6)22(18(7)8)23(19(9)10)21(24)13-16(3)4/h15-23H,11-14H2,1-10H3. The third kappa shape index (κ3) is 5.75. The Kier molecular flexibility index (Phi) is 8.80. The Labute approximate surface area is 154 Å². The molecule has 0 saturated carbocycles. The summed E-state index contributed by atoms with van der Waals surface area (Å²) in [7, 11) is 0. The lowest BCUT2D eigenvalue weighted by Crippen LogP contribution is -2.57. The summed E-state index contributed by atoms with van der Waals surface area (Å²) in [5.41, 5.74) is 0. The van der Waals surface area contributed by atoms with Gasteiger partial charge in [-0.3, -0.25) is 4.90 Å². The fourth-order valence-corrected chi connectivity index (χ4v) is 5.27. The summed E-state index contributed by atoms with van der Waals surface area (Å²) in [4.78, 5) is 2.91. The summed E-state index contributed by atoms with van der Waals surface area (Å²) in [5.74, 6) is 6.55. The third-order valence-electron chi connectivity index (χ3n) is 6.40. The van der Waals surface area contributed by atoms with Crippen LogP contribution >= 0.6 is 0 Å². The van der Waals surface area contributed by atoms with Gasteiger partial charge in [-0.1, -0.05) is 69.2 Å². The van der Waals surface area contributed by atoms with Crippen LogP contribution in [0.2, 0.25) is 0 Å². The molecule has 0 spiro atoms. The van der Waals surface area contributed by atoms with Gasteiger partial charge in [-0.15, -0.1) is 0 Å². The lowest BCUT2D eigenvalue weighted by Gasteiger charge is -2.54. The van der Waals surface area contributed by atoms with Crippen molar-refractivity contribution in [1.82, 2.24) is 4.90 Å². The molecule has 0 amide bonds. The van der Waals surface area contributed by atoms with Gasteiger partial charge in [0.25, 0.3) is 0 Å². The SMILES string of the molecule is CC(C)CCN1CC(C(C)C)C(C(C)C)C(C(C)C)C1CC(C)C. The van der Waals surface area contributed by atoms with Crippen molar-refractivity contribution >= 4 is 0 Å². The lowest BCUT2D eigenvalue weighted by atomic mass is 9.61. The van der Waals surface area contributed by atoms with Gasteiger partial charge < -0.3 is 0 Å². The van der Waals surface area contributed by atoms with E-state index in [0.717, 1.165) is 53.4 Å². The Morgan fingerprint density at radius 2 is 1.25 bits per heavy atom. The average molecular weight is 338 g/mol. The highest BCUT2D eigenvalue weighted by Crippen LogP contribution is 2.46. The van der Waals surface area contributed by atoms with Crippen LogP contribution in [0.15, 0.2) is 0 Å². The zero-order valence-electron chi connectivity index (χ0n) is 18.5. The maximum atomic E-state index is 2.91. The van der Waals surface area contributed by atoms with Crippen LogP contribution in [0.1, 0.15) is 82.1 Å². The molecule has 1 aliphatic rings. The van der Waals surface area contributed by atoms with Crippen LogP contribution in [0, 0.1) is 47.3 Å². The molecule has 0 aromatic rings. The van der Waals surface area contributed by atoms with E-state index in [1.54, 1.807) is 0 Å². The Bertz CT molecular complexity index is 342. The molecular formula is C23H47N. The summed E-state index contributed by atoms with van der Waals surface area (Å²) < 4.78 is 0. The highest BCUT2D eigenvalue weighted by Gasteiger charge is 2.46. The quantitative estimate of drug-likeness (QED) is 0.483. The smallest absolute Gasteiger partial charge is 0.0131 e. The van der Waals surface area contributed by atoms with Crippen molar-refractivity contribution in [2.24, 2.45) is 47.3 Å². The van der Waals surface area contributed by atoms with Crippen molar-refractivity contribution in [3.8, 4) is 0 Å². The molecule has 4 atom stereocenters. The molecule has 0 aromatic heterocycles. The molecule has 1 saturated heterocycles. The first-order chi connectivity index (χ1) is 11.1. The van der Waals surface area contributed by atoms with E-state index in [1.807, 2.05) is 0 Å². The zero-order valence-corrected chi connectivity index (χ0v) is 18.5. The van der Waals surface area contributed by atoms with E-state index < -0.39 is 0 Å². The largest absolute Gasteiger partial charge is 0.300 e. The minimum absolute atomic E-state index is 0.782. The predicted molar refractivity (Wildman–Crippen MR) is 109 cm³/mol. The number of hydrogen-bond acceptors (Lipinski definition) is 1. The van der Waals surface area contributed by atoms with Crippen molar-refractivity contribution in [2.45, 2.75) is 88.1 Å². The van der Waals surface area contributed by atoms with Crippen LogP contribution in [-0.2, 0) is 0 Å². The van der Waals surface area contributed by atoms with E-state index in [0.29, 0.717) is 0 Å². The molecular weight excluding hydrogens is 290 g/mol. The number of piperidine rings is 1. The topological polar surface area (TPSA) is 3.24 Å². The summed E-state index contributed by atoms with van der Waals surface area (Å²) in [6, 6.07) is 0.783. The molecule has 1 rings (SSSR count). The first-order valence-electron chi connectivity index (χ1n) is 10.8. The second-order valence-corrected chi connectivity index (χ2v) is 10.4. The van der Waals surface area contributed by atoms with Crippen LogP contribution in [0.25, 0.3) is 0 Å². The highest BCUT2D eigenvalue weighted by molar-refractivity contribution is 4.97. The minimum atomic E-state index is 0.782. The van der Waals surface area contributed by atoms with Gasteiger partial charge in [0.1, 0.15) is 0 Å². The highest BCUT2D eigenvalue weighted by atomic mass is 15.2. The van der Waals surface area contributed by atoms with Crippen molar-refractivity contribution in [3.63, 3.8) is 0 Å². The summed E-state index contributed by atoms with van der Waals surface area (Å²) in [6.45, 7) is 27.0. The molecule has 1 heterocycles. The number of nitrogens with zero attached hydrogens (tertiary/aromatic N) is 1. The van der Waals surface area contributed by atoms with Crippen molar-refractivity contribution in [2.75, 3.05) is 13.1 Å². The van der Waals surface area contributed by atoms with Gasteiger partial charge in [0.05, 0.1) is 0 Å². The fraction of sp³-hybridized carbons (Fsp3) is 1.00. The number of likely N-dealkylation sites (tertiary alicyclic amines) is 1. The van der Waals surface area contributed by atoms with Crippen LogP contribution < -0.4 is 0 Å². The molecule has 0 aliphatic carbocycles. The molecule has 1 heteroatoms. The Hall–Kier alpha value is -0.0400. The molecule has 144 valence electrons. The van der Waals surface area contributed by atoms with E-state index in [2.05, 4.69) is 74.1 Å². The fourth-order valence-electron chi connectivity index (χ4n) is 5.27. The van der Waals surface area contributed by atoms with Gasteiger partial charge in [0, 0.05) is 12.6 Å². The van der Waals surface area contributed by atoms with Gasteiger partial charge in [-0.05, 0) is 66.7 Å². The predicted octanol–water partition coefficient (Wildman–Crippen LogP) is 6.58. The molecule has 4 unspecified atom stereocenters. The maximum Gasteiger partial charge on any atom is 0.0131 e. The first kappa shape index (κ1) is 22.0. The Balaban J connectivity index is 3.17. The molecule has 1 aliphatic heterocycles. The van der Waals surface area contributed by atoms with E-state index in [4.69, 9.17) is 0 Å². The van der Waals surface area contributed by atoms with Gasteiger partial charge in [0.2, 0.25) is 0 Å².